The molecule has 1 N–H and O–H groups in total. The van der Waals surface area contributed by atoms with Crippen molar-refractivity contribution in [3.8, 4) is 16.3 Å². The van der Waals surface area contributed by atoms with Crippen LogP contribution in [0.4, 0.5) is 17.6 Å². The van der Waals surface area contributed by atoms with Gasteiger partial charge < -0.3 is 14.3 Å². The van der Waals surface area contributed by atoms with Gasteiger partial charge in [-0.05, 0) is 37.6 Å². The molecule has 4 rings (SSSR count). The molecule has 0 bridgehead atoms. The summed E-state index contributed by atoms with van der Waals surface area (Å²) in [5, 5.41) is 9.20. The van der Waals surface area contributed by atoms with E-state index in [0.29, 0.717) is 39.5 Å². The number of thiazole rings is 1. The Balaban J connectivity index is 1.51. The van der Waals surface area contributed by atoms with Crippen LogP contribution in [0.2, 0.25) is 0 Å². The van der Waals surface area contributed by atoms with Gasteiger partial charge in [0, 0.05) is 18.1 Å². The van der Waals surface area contributed by atoms with E-state index in [4.69, 9.17) is 14.3 Å². The van der Waals surface area contributed by atoms with Gasteiger partial charge in [0.25, 0.3) is 0 Å². The molecular weight excluding hydrogens is 476 g/mol. The zero-order chi connectivity index (χ0) is 24.6. The highest BCUT2D eigenvalue weighted by atomic mass is 32.1. The van der Waals surface area contributed by atoms with Crippen LogP contribution in [0.5, 0.6) is 5.75 Å². The number of aliphatic carboxylic acids is 1. The molecule has 0 aliphatic heterocycles. The Morgan fingerprint density at radius 2 is 1.94 bits per heavy atom. The maximum absolute atomic E-state index is 14.0. The largest absolute Gasteiger partial charge is 0.488 e. The molecule has 4 aromatic rings. The maximum atomic E-state index is 14.0. The van der Waals surface area contributed by atoms with Crippen molar-refractivity contribution in [3.63, 3.8) is 0 Å². The lowest BCUT2D eigenvalue weighted by Gasteiger charge is -2.08. The summed E-state index contributed by atoms with van der Waals surface area (Å²) in [4.78, 5) is 20.1. The lowest BCUT2D eigenvalue weighted by atomic mass is 10.1. The molecule has 0 fully saturated rings. The molecule has 0 unspecified atom stereocenters. The minimum Gasteiger partial charge on any atom is -0.488 e. The SMILES string of the molecule is Cc1cc2nc(CCC(=O)O)oc2cc1OCc1sc(-c2ccc(C(F)(F)F)c(F)c2)nc1C. The van der Waals surface area contributed by atoms with E-state index in [-0.39, 0.29) is 25.0 Å². The normalized spacial score (nSPS) is 11.8. The van der Waals surface area contributed by atoms with Crippen molar-refractivity contribution in [2.75, 3.05) is 0 Å². The van der Waals surface area contributed by atoms with Crippen LogP contribution in [0.1, 0.15) is 34.0 Å². The number of carboxylic acid groups (broad SMARTS) is 1. The summed E-state index contributed by atoms with van der Waals surface area (Å²) in [5.74, 6) is -1.45. The number of aromatic nitrogens is 2. The molecule has 34 heavy (non-hydrogen) atoms. The van der Waals surface area contributed by atoms with Crippen molar-refractivity contribution in [1.82, 2.24) is 9.97 Å². The minimum atomic E-state index is -4.76. The van der Waals surface area contributed by atoms with Gasteiger partial charge in [-0.2, -0.15) is 13.2 Å². The highest BCUT2D eigenvalue weighted by Gasteiger charge is 2.34. The van der Waals surface area contributed by atoms with Crippen LogP contribution < -0.4 is 4.74 Å². The number of rotatable bonds is 7. The lowest BCUT2D eigenvalue weighted by Crippen LogP contribution is -2.07. The maximum Gasteiger partial charge on any atom is 0.419 e. The second-order valence-corrected chi connectivity index (χ2v) is 8.68. The summed E-state index contributed by atoms with van der Waals surface area (Å²) >= 11 is 1.20. The van der Waals surface area contributed by atoms with Crippen LogP contribution in [-0.4, -0.2) is 21.0 Å². The van der Waals surface area contributed by atoms with E-state index in [9.17, 15) is 22.4 Å². The summed E-state index contributed by atoms with van der Waals surface area (Å²) < 4.78 is 63.9. The molecule has 6 nitrogen and oxygen atoms in total. The molecule has 2 aromatic carbocycles. The van der Waals surface area contributed by atoms with Crippen molar-refractivity contribution in [1.29, 1.82) is 0 Å². The van der Waals surface area contributed by atoms with Crippen LogP contribution in [-0.2, 0) is 24.0 Å². The van der Waals surface area contributed by atoms with Crippen LogP contribution >= 0.6 is 11.3 Å². The molecule has 11 heteroatoms. The number of fused-ring (bicyclic) bond motifs is 1. The first-order chi connectivity index (χ1) is 16.0. The molecule has 0 atom stereocenters. The Kier molecular flexibility index (Phi) is 6.30. The number of hydrogen-bond acceptors (Lipinski definition) is 6. The van der Waals surface area contributed by atoms with Crippen LogP contribution in [0, 0.1) is 19.7 Å². The first kappa shape index (κ1) is 23.7. The standard InChI is InChI=1S/C23H18F4N2O4S/c1-11-7-16-18(33-20(29-16)5-6-21(30)31)9-17(11)32-10-19-12(2)28-22(34-19)13-3-4-14(15(24)8-13)23(25,26)27/h3-4,7-9H,5-6,10H2,1-2H3,(H,30,31). The van der Waals surface area contributed by atoms with Gasteiger partial charge in [-0.25, -0.2) is 14.4 Å². The lowest BCUT2D eigenvalue weighted by molar-refractivity contribution is -0.140. The zero-order valence-corrected chi connectivity index (χ0v) is 18.8. The molecule has 0 saturated carbocycles. The fourth-order valence-electron chi connectivity index (χ4n) is 3.29. The third-order valence-electron chi connectivity index (χ3n) is 5.06. The van der Waals surface area contributed by atoms with Crippen LogP contribution in [0.15, 0.2) is 34.7 Å². The van der Waals surface area contributed by atoms with Gasteiger partial charge in [-0.1, -0.05) is 6.07 Å². The highest BCUT2D eigenvalue weighted by molar-refractivity contribution is 7.15. The number of halogens is 4. The number of carboxylic acids is 1. The predicted octanol–water partition coefficient (Wildman–Crippen LogP) is 6.32. The van der Waals surface area contributed by atoms with E-state index >= 15 is 0 Å². The molecule has 0 aliphatic carbocycles. The van der Waals surface area contributed by atoms with E-state index in [1.165, 1.54) is 17.4 Å². The predicted molar refractivity (Wildman–Crippen MR) is 116 cm³/mol. The van der Waals surface area contributed by atoms with Crippen molar-refractivity contribution >= 4 is 28.4 Å². The number of oxazole rings is 1. The Hall–Kier alpha value is -3.47. The summed E-state index contributed by atoms with van der Waals surface area (Å²) in [7, 11) is 0. The molecule has 0 saturated heterocycles. The number of carbonyl (C=O) groups is 1. The number of ether oxygens (including phenoxy) is 1. The molecule has 0 radical (unpaired) electrons. The first-order valence-electron chi connectivity index (χ1n) is 10.1. The number of benzene rings is 2. The zero-order valence-electron chi connectivity index (χ0n) is 18.0. The average Bonchev–Trinajstić information content (AvgIpc) is 3.32. The molecule has 2 heterocycles. The molecule has 0 amide bonds. The topological polar surface area (TPSA) is 85.5 Å². The average molecular weight is 494 g/mol. The fourth-order valence-corrected chi connectivity index (χ4v) is 4.26. The molecule has 0 aliphatic rings. The number of hydrogen-bond donors (Lipinski definition) is 1. The monoisotopic (exact) mass is 494 g/mol. The van der Waals surface area contributed by atoms with Crippen LogP contribution in [0.3, 0.4) is 0 Å². The second kappa shape index (κ2) is 9.05. The van der Waals surface area contributed by atoms with Gasteiger partial charge in [0.2, 0.25) is 0 Å². The Bertz CT molecular complexity index is 1380. The highest BCUT2D eigenvalue weighted by Crippen LogP contribution is 2.35. The van der Waals surface area contributed by atoms with E-state index in [1.54, 1.807) is 19.1 Å². The van der Waals surface area contributed by atoms with E-state index in [1.807, 2.05) is 6.92 Å². The van der Waals surface area contributed by atoms with Gasteiger partial charge >= 0.3 is 12.1 Å². The first-order valence-corrected chi connectivity index (χ1v) is 10.9. The molecule has 178 valence electrons. The number of aryl methyl sites for hydroxylation is 3. The summed E-state index contributed by atoms with van der Waals surface area (Å²) in [6.07, 6.45) is -4.68. The van der Waals surface area contributed by atoms with Crippen LogP contribution in [0.25, 0.3) is 21.7 Å². The van der Waals surface area contributed by atoms with Gasteiger partial charge in [-0.15, -0.1) is 11.3 Å². The van der Waals surface area contributed by atoms with E-state index in [0.717, 1.165) is 16.5 Å². The summed E-state index contributed by atoms with van der Waals surface area (Å²) in [6, 6.07) is 6.17. The summed E-state index contributed by atoms with van der Waals surface area (Å²) in [5.41, 5.74) is 1.39. The van der Waals surface area contributed by atoms with E-state index < -0.39 is 23.5 Å². The van der Waals surface area contributed by atoms with Crippen molar-refractivity contribution in [2.45, 2.75) is 39.5 Å². The molecular formula is C23H18F4N2O4S. The Labute approximate surface area is 194 Å². The summed E-state index contributed by atoms with van der Waals surface area (Å²) in [6.45, 7) is 3.70. The van der Waals surface area contributed by atoms with Crippen molar-refractivity contribution < 1.29 is 36.6 Å². The number of alkyl halides is 3. The quantitative estimate of drug-likeness (QED) is 0.303. The van der Waals surface area contributed by atoms with Crippen molar-refractivity contribution in [3.05, 3.63) is 63.7 Å². The van der Waals surface area contributed by atoms with Gasteiger partial charge in [0.05, 0.1) is 22.6 Å². The Morgan fingerprint density at radius 1 is 1.18 bits per heavy atom. The van der Waals surface area contributed by atoms with Gasteiger partial charge in [0.15, 0.2) is 11.5 Å². The molecule has 0 spiro atoms. The molecule has 2 aromatic heterocycles. The van der Waals surface area contributed by atoms with Gasteiger partial charge in [0.1, 0.15) is 28.7 Å². The Morgan fingerprint density at radius 3 is 2.62 bits per heavy atom. The number of nitrogens with zero attached hydrogens (tertiary/aromatic N) is 2. The third kappa shape index (κ3) is 5.04. The fraction of sp³-hybridized carbons (Fsp3) is 0.261. The van der Waals surface area contributed by atoms with Crippen molar-refractivity contribution in [2.24, 2.45) is 0 Å². The van der Waals surface area contributed by atoms with Gasteiger partial charge in [-0.3, -0.25) is 4.79 Å². The third-order valence-corrected chi connectivity index (χ3v) is 6.24. The smallest absolute Gasteiger partial charge is 0.419 e. The minimum absolute atomic E-state index is 0.0923. The van der Waals surface area contributed by atoms with E-state index in [2.05, 4.69) is 9.97 Å². The second-order valence-electron chi connectivity index (χ2n) is 7.60.